The van der Waals surface area contributed by atoms with E-state index in [9.17, 15) is 14.0 Å². The average molecular weight is 294 g/mol. The molecule has 1 aliphatic rings. The summed E-state index contributed by atoms with van der Waals surface area (Å²) in [5.41, 5.74) is -1.11. The molecule has 1 unspecified atom stereocenters. The zero-order chi connectivity index (χ0) is 15.1. The monoisotopic (exact) mass is 294 g/mol. The van der Waals surface area contributed by atoms with Gasteiger partial charge >= 0.3 is 6.03 Å². The molecule has 1 N–H and O–H groups in total. The lowest BCUT2D eigenvalue weighted by molar-refractivity contribution is -0.130. The molecule has 1 fully saturated rings. The van der Waals surface area contributed by atoms with E-state index in [0.29, 0.717) is 6.17 Å². The van der Waals surface area contributed by atoms with Crippen LogP contribution in [0.4, 0.5) is 9.18 Å². The van der Waals surface area contributed by atoms with E-state index in [2.05, 4.69) is 25.0 Å². The second-order valence-corrected chi connectivity index (χ2v) is 11.9. The zero-order valence-corrected chi connectivity index (χ0v) is 13.2. The van der Waals surface area contributed by atoms with E-state index >= 15 is 0 Å². The summed E-state index contributed by atoms with van der Waals surface area (Å²) in [5.74, 6) is -0.867. The van der Waals surface area contributed by atoms with Gasteiger partial charge in [0.25, 0.3) is 5.91 Å². The first-order valence-corrected chi connectivity index (χ1v) is 10.2. The third-order valence-electron chi connectivity index (χ3n) is 3.32. The van der Waals surface area contributed by atoms with Crippen molar-refractivity contribution in [3.63, 3.8) is 0 Å². The average Bonchev–Trinajstić information content (AvgIpc) is 2.53. The van der Waals surface area contributed by atoms with Gasteiger partial charge in [0, 0.05) is 11.7 Å². The molecule has 3 amide bonds. The summed E-state index contributed by atoms with van der Waals surface area (Å²) < 4.78 is 13.9. The van der Waals surface area contributed by atoms with E-state index in [-0.39, 0.29) is 11.5 Å². The summed E-state index contributed by atoms with van der Waals surface area (Å²) >= 11 is 0. The predicted octanol–water partition coefficient (Wildman–Crippen LogP) is 2.47. The Morgan fingerprint density at radius 1 is 1.25 bits per heavy atom. The zero-order valence-electron chi connectivity index (χ0n) is 12.2. The van der Waals surface area contributed by atoms with Crippen LogP contribution in [-0.4, -0.2) is 31.1 Å². The molecule has 1 aromatic rings. The van der Waals surface area contributed by atoms with Crippen LogP contribution in [0.25, 0.3) is 0 Å². The lowest BCUT2D eigenvalue weighted by Gasteiger charge is -2.25. The Hall–Kier alpha value is -1.69. The lowest BCUT2D eigenvalue weighted by atomic mass is 9.91. The molecule has 0 spiro atoms. The molecule has 0 saturated carbocycles. The number of urea groups is 1. The predicted molar refractivity (Wildman–Crippen MR) is 77.3 cm³/mol. The van der Waals surface area contributed by atoms with Crippen LogP contribution in [0, 0.1) is 5.82 Å². The highest BCUT2D eigenvalue weighted by atomic mass is 28.3. The first kappa shape index (κ1) is 14.7. The number of imide groups is 1. The van der Waals surface area contributed by atoms with Crippen molar-refractivity contribution in [1.29, 1.82) is 0 Å². The molecule has 1 saturated heterocycles. The Bertz CT molecular complexity index is 571. The van der Waals surface area contributed by atoms with Crippen LogP contribution < -0.4 is 5.32 Å². The molecule has 1 aliphatic heterocycles. The highest BCUT2D eigenvalue weighted by Gasteiger charge is 2.50. The molecule has 0 radical (unpaired) electrons. The van der Waals surface area contributed by atoms with Crippen molar-refractivity contribution in [3.05, 3.63) is 35.6 Å². The van der Waals surface area contributed by atoms with Crippen LogP contribution in [-0.2, 0) is 10.3 Å². The van der Waals surface area contributed by atoms with Crippen LogP contribution in [0.5, 0.6) is 0 Å². The normalized spacial score (nSPS) is 23.1. The second-order valence-electron chi connectivity index (χ2n) is 6.49. The van der Waals surface area contributed by atoms with Gasteiger partial charge in [-0.3, -0.25) is 9.69 Å². The van der Waals surface area contributed by atoms with E-state index in [0.717, 1.165) is 0 Å². The lowest BCUT2D eigenvalue weighted by Crippen LogP contribution is -2.45. The molecule has 1 aromatic carbocycles. The highest BCUT2D eigenvalue weighted by Crippen LogP contribution is 2.31. The molecule has 2 rings (SSSR count). The van der Waals surface area contributed by atoms with Gasteiger partial charge in [0.15, 0.2) is 0 Å². The summed E-state index contributed by atoms with van der Waals surface area (Å²) in [7, 11) is -1.63. The van der Waals surface area contributed by atoms with Crippen LogP contribution in [0.1, 0.15) is 12.5 Å². The largest absolute Gasteiger partial charge is 0.325 e. The third-order valence-corrected chi connectivity index (χ3v) is 4.58. The number of halogens is 1. The molecular formula is C14H19FN2O2Si. The number of rotatable bonds is 3. The molecule has 108 valence electrons. The fourth-order valence-corrected chi connectivity index (χ4v) is 3.60. The summed E-state index contributed by atoms with van der Waals surface area (Å²) in [5, 5.41) is 2.63. The van der Waals surface area contributed by atoms with Crippen molar-refractivity contribution < 1.29 is 14.0 Å². The Morgan fingerprint density at radius 3 is 2.40 bits per heavy atom. The molecule has 1 atom stereocenters. The van der Waals surface area contributed by atoms with E-state index in [4.69, 9.17) is 0 Å². The van der Waals surface area contributed by atoms with E-state index in [1.807, 2.05) is 0 Å². The van der Waals surface area contributed by atoms with Crippen molar-refractivity contribution in [2.45, 2.75) is 32.1 Å². The third kappa shape index (κ3) is 2.47. The summed E-state index contributed by atoms with van der Waals surface area (Å²) in [6.07, 6.45) is 0.432. The minimum absolute atomic E-state index is 0.205. The first-order valence-electron chi connectivity index (χ1n) is 6.54. The van der Waals surface area contributed by atoms with Gasteiger partial charge in [0.1, 0.15) is 11.4 Å². The van der Waals surface area contributed by atoms with Gasteiger partial charge in [-0.1, -0.05) is 37.8 Å². The Morgan fingerprint density at radius 2 is 1.85 bits per heavy atom. The Balaban J connectivity index is 2.39. The number of carbonyl (C=O) groups excluding carboxylic acids is 2. The minimum atomic E-state index is -1.63. The number of benzene rings is 1. The van der Waals surface area contributed by atoms with Crippen molar-refractivity contribution in [3.8, 4) is 0 Å². The number of nitrogens with one attached hydrogen (secondary N) is 1. The molecule has 4 nitrogen and oxygen atoms in total. The molecule has 1 heterocycles. The Kier molecular flexibility index (Phi) is 3.45. The standard InChI is InChI=1S/C14H19FN2O2Si/c1-14(10-7-5-6-8-11(10)15)12(18)17(13(19)16-14)9-20(2,3)4/h5-8H,9H2,1-4H3,(H,16,19). The van der Waals surface area contributed by atoms with Gasteiger partial charge in [-0.2, -0.15) is 0 Å². The van der Waals surface area contributed by atoms with Gasteiger partial charge in [-0.25, -0.2) is 9.18 Å². The van der Waals surface area contributed by atoms with Crippen LogP contribution in [0.2, 0.25) is 19.6 Å². The van der Waals surface area contributed by atoms with E-state index in [1.165, 1.54) is 17.0 Å². The van der Waals surface area contributed by atoms with E-state index < -0.39 is 25.5 Å². The molecule has 6 heteroatoms. The number of nitrogens with zero attached hydrogens (tertiary/aromatic N) is 1. The quantitative estimate of drug-likeness (QED) is 0.688. The number of hydrogen-bond donors (Lipinski definition) is 1. The maximum atomic E-state index is 13.9. The summed E-state index contributed by atoms with van der Waals surface area (Å²) in [6, 6.07) is 5.60. The molecule has 0 bridgehead atoms. The van der Waals surface area contributed by atoms with Gasteiger partial charge < -0.3 is 5.32 Å². The molecule has 20 heavy (non-hydrogen) atoms. The SMILES string of the molecule is CC1(c2ccccc2F)NC(=O)N(C[Si](C)(C)C)C1=O. The Labute approximate surface area is 119 Å². The van der Waals surface area contributed by atoms with Crippen molar-refractivity contribution >= 4 is 20.0 Å². The minimum Gasteiger partial charge on any atom is -0.319 e. The van der Waals surface area contributed by atoms with Crippen molar-refractivity contribution in [2.24, 2.45) is 0 Å². The number of carbonyl (C=O) groups is 2. The van der Waals surface area contributed by atoms with Crippen LogP contribution in [0.15, 0.2) is 24.3 Å². The van der Waals surface area contributed by atoms with Gasteiger partial charge in [-0.15, -0.1) is 0 Å². The topological polar surface area (TPSA) is 49.4 Å². The molecule has 0 aromatic heterocycles. The molecular weight excluding hydrogens is 275 g/mol. The van der Waals surface area contributed by atoms with E-state index in [1.54, 1.807) is 19.1 Å². The fraction of sp³-hybridized carbons (Fsp3) is 0.429. The van der Waals surface area contributed by atoms with Crippen LogP contribution in [0.3, 0.4) is 0 Å². The maximum absolute atomic E-state index is 13.9. The van der Waals surface area contributed by atoms with Crippen LogP contribution >= 0.6 is 0 Å². The molecule has 0 aliphatic carbocycles. The van der Waals surface area contributed by atoms with Crippen molar-refractivity contribution in [1.82, 2.24) is 10.2 Å². The number of hydrogen-bond acceptors (Lipinski definition) is 2. The second kappa shape index (κ2) is 4.70. The van der Waals surface area contributed by atoms with Gasteiger partial charge in [0.05, 0.1) is 8.07 Å². The summed E-state index contributed by atoms with van der Waals surface area (Å²) in [4.78, 5) is 25.8. The number of amides is 3. The van der Waals surface area contributed by atoms with Gasteiger partial charge in [-0.05, 0) is 13.0 Å². The maximum Gasteiger partial charge on any atom is 0.325 e. The smallest absolute Gasteiger partial charge is 0.319 e. The first-order chi connectivity index (χ1) is 9.15. The van der Waals surface area contributed by atoms with Gasteiger partial charge in [0.2, 0.25) is 0 Å². The van der Waals surface area contributed by atoms with Crippen molar-refractivity contribution in [2.75, 3.05) is 6.17 Å². The fourth-order valence-electron chi connectivity index (χ4n) is 2.36. The highest BCUT2D eigenvalue weighted by molar-refractivity contribution is 6.76. The summed E-state index contributed by atoms with van der Waals surface area (Å²) in [6.45, 7) is 7.78.